The van der Waals surface area contributed by atoms with E-state index >= 15 is 4.39 Å². The summed E-state index contributed by atoms with van der Waals surface area (Å²) in [6, 6.07) is 16.2. The molecule has 8 heteroatoms. The molecule has 1 saturated heterocycles. The van der Waals surface area contributed by atoms with Crippen LogP contribution in [-0.4, -0.2) is 25.0 Å². The fraction of sp³-hybridized carbons (Fsp3) is 0.167. The van der Waals surface area contributed by atoms with E-state index in [1.54, 1.807) is 36.4 Å². The van der Waals surface area contributed by atoms with Crippen molar-refractivity contribution in [1.29, 1.82) is 0 Å². The highest BCUT2D eigenvalue weighted by Crippen LogP contribution is 2.37. The third-order valence-corrected chi connectivity index (χ3v) is 6.28. The fourth-order valence-electron chi connectivity index (χ4n) is 3.59. The van der Waals surface area contributed by atoms with E-state index in [0.29, 0.717) is 24.8 Å². The van der Waals surface area contributed by atoms with Gasteiger partial charge in [-0.1, -0.05) is 65.7 Å². The van der Waals surface area contributed by atoms with Gasteiger partial charge in [0.25, 0.3) is 11.8 Å². The molecule has 3 aromatic rings. The molecule has 0 radical (unpaired) electrons. The summed E-state index contributed by atoms with van der Waals surface area (Å²) in [6.45, 7) is 1.33. The van der Waals surface area contributed by atoms with Crippen molar-refractivity contribution in [3.8, 4) is 0 Å². The number of hydrogen-bond donors (Lipinski definition) is 2. The molecule has 1 aliphatic heterocycles. The summed E-state index contributed by atoms with van der Waals surface area (Å²) in [4.78, 5) is 25.0. The Morgan fingerprint density at radius 1 is 1.00 bits per heavy atom. The molecule has 3 aromatic carbocycles. The summed E-state index contributed by atoms with van der Waals surface area (Å²) in [5.41, 5.74) is 6.92. The van der Waals surface area contributed by atoms with E-state index in [2.05, 4.69) is 5.32 Å². The van der Waals surface area contributed by atoms with Gasteiger partial charge in [-0.3, -0.25) is 9.59 Å². The average molecular weight is 473 g/mol. The second-order valence-electron chi connectivity index (χ2n) is 7.51. The molecule has 0 atom stereocenters. The largest absolute Gasteiger partial charge is 0.380 e. The first-order valence-corrected chi connectivity index (χ1v) is 10.6. The minimum atomic E-state index is -1.10. The Kier molecular flexibility index (Phi) is 6.46. The smallest absolute Gasteiger partial charge is 0.260 e. The zero-order valence-electron chi connectivity index (χ0n) is 16.8. The maximum absolute atomic E-state index is 15.4. The van der Waals surface area contributed by atoms with E-state index in [9.17, 15) is 9.59 Å². The van der Waals surface area contributed by atoms with Crippen molar-refractivity contribution in [2.45, 2.75) is 12.3 Å². The number of anilines is 1. The lowest BCUT2D eigenvalue weighted by Gasteiger charge is -2.26. The van der Waals surface area contributed by atoms with Crippen molar-refractivity contribution < 1.29 is 18.7 Å². The summed E-state index contributed by atoms with van der Waals surface area (Å²) in [5, 5.41) is 2.24. The number of halogens is 3. The third-order valence-electron chi connectivity index (χ3n) is 5.39. The lowest BCUT2D eigenvalue weighted by atomic mass is 9.95. The number of amides is 2. The van der Waals surface area contributed by atoms with Crippen molar-refractivity contribution in [3.05, 3.63) is 98.3 Å². The Labute approximate surface area is 194 Å². The van der Waals surface area contributed by atoms with Crippen LogP contribution in [0.25, 0.3) is 0 Å². The second kappa shape index (κ2) is 9.28. The van der Waals surface area contributed by atoms with Crippen LogP contribution < -0.4 is 11.1 Å². The lowest BCUT2D eigenvalue weighted by Crippen LogP contribution is -2.25. The van der Waals surface area contributed by atoms with E-state index < -0.39 is 28.8 Å². The maximum Gasteiger partial charge on any atom is 0.260 e. The summed E-state index contributed by atoms with van der Waals surface area (Å²) in [6.07, 6.45) is 0.128. The highest BCUT2D eigenvalue weighted by molar-refractivity contribution is 6.45. The maximum atomic E-state index is 15.4. The molecule has 4 rings (SSSR count). The van der Waals surface area contributed by atoms with Crippen LogP contribution in [0.4, 0.5) is 10.1 Å². The minimum Gasteiger partial charge on any atom is -0.380 e. The van der Waals surface area contributed by atoms with Crippen molar-refractivity contribution >= 4 is 40.7 Å². The number of carbonyl (C=O) groups excluding carboxylic acids is 2. The van der Waals surface area contributed by atoms with Crippen molar-refractivity contribution in [3.63, 3.8) is 0 Å². The topological polar surface area (TPSA) is 81.4 Å². The van der Waals surface area contributed by atoms with Crippen molar-refractivity contribution in [1.82, 2.24) is 0 Å². The predicted molar refractivity (Wildman–Crippen MR) is 122 cm³/mol. The number of carbonyl (C=O) groups is 2. The monoisotopic (exact) mass is 472 g/mol. The quantitative estimate of drug-likeness (QED) is 0.484. The molecule has 0 unspecified atom stereocenters. The lowest BCUT2D eigenvalue weighted by molar-refractivity contribution is 0.00842. The molecule has 3 N–H and O–H groups in total. The van der Waals surface area contributed by atoms with E-state index in [4.69, 9.17) is 33.7 Å². The van der Waals surface area contributed by atoms with Crippen LogP contribution in [0.1, 0.15) is 43.3 Å². The van der Waals surface area contributed by atoms with E-state index in [1.807, 2.05) is 18.2 Å². The summed E-state index contributed by atoms with van der Waals surface area (Å²) in [5.74, 6) is -2.63. The molecular formula is C24H19Cl2FN2O3. The Morgan fingerprint density at radius 2 is 1.66 bits per heavy atom. The number of ether oxygens (including phenoxy) is 1. The molecule has 0 aromatic heterocycles. The van der Waals surface area contributed by atoms with Gasteiger partial charge in [-0.05, 0) is 35.2 Å². The zero-order valence-corrected chi connectivity index (χ0v) is 18.3. The SMILES string of the molecule is NC(=O)c1c(F)c(C(=O)Nc2ccc(C3COC3)cc2)c(Cl)c(Cl)c1Cc1ccccc1. The summed E-state index contributed by atoms with van der Waals surface area (Å²) >= 11 is 12.7. The molecule has 1 heterocycles. The van der Waals surface area contributed by atoms with Crippen LogP contribution in [-0.2, 0) is 11.2 Å². The first-order valence-electron chi connectivity index (χ1n) is 9.89. The molecule has 1 fully saturated rings. The van der Waals surface area contributed by atoms with Gasteiger partial charge in [0.1, 0.15) is 0 Å². The molecule has 0 saturated carbocycles. The first kappa shape index (κ1) is 22.3. The van der Waals surface area contributed by atoms with Gasteiger partial charge in [0, 0.05) is 11.6 Å². The molecule has 0 aliphatic carbocycles. The molecule has 2 amide bonds. The van der Waals surface area contributed by atoms with Gasteiger partial charge in [0.05, 0.1) is 34.4 Å². The average Bonchev–Trinajstić information content (AvgIpc) is 2.72. The van der Waals surface area contributed by atoms with Gasteiger partial charge in [-0.25, -0.2) is 4.39 Å². The van der Waals surface area contributed by atoms with E-state index in [0.717, 1.165) is 11.1 Å². The molecule has 164 valence electrons. The molecule has 0 spiro atoms. The van der Waals surface area contributed by atoms with Gasteiger partial charge >= 0.3 is 0 Å². The van der Waals surface area contributed by atoms with Crippen molar-refractivity contribution in [2.75, 3.05) is 18.5 Å². The van der Waals surface area contributed by atoms with Crippen LogP contribution in [0.15, 0.2) is 54.6 Å². The van der Waals surface area contributed by atoms with Gasteiger partial charge in [-0.2, -0.15) is 0 Å². The van der Waals surface area contributed by atoms with Gasteiger partial charge < -0.3 is 15.8 Å². The predicted octanol–water partition coefficient (Wildman–Crippen LogP) is 5.19. The number of hydrogen-bond acceptors (Lipinski definition) is 3. The second-order valence-corrected chi connectivity index (χ2v) is 8.26. The Morgan fingerprint density at radius 3 is 2.22 bits per heavy atom. The molecule has 0 bridgehead atoms. The van der Waals surface area contributed by atoms with Crippen LogP contribution in [0.3, 0.4) is 0 Å². The van der Waals surface area contributed by atoms with E-state index in [1.165, 1.54) is 0 Å². The first-order chi connectivity index (χ1) is 15.4. The minimum absolute atomic E-state index is 0.0869. The van der Waals surface area contributed by atoms with Gasteiger partial charge in [0.15, 0.2) is 5.82 Å². The number of nitrogens with two attached hydrogens (primary N) is 1. The highest BCUT2D eigenvalue weighted by Gasteiger charge is 2.29. The number of benzene rings is 3. The van der Waals surface area contributed by atoms with Gasteiger partial charge in [-0.15, -0.1) is 0 Å². The summed E-state index contributed by atoms with van der Waals surface area (Å²) < 4.78 is 20.6. The molecule has 1 aliphatic rings. The number of nitrogens with one attached hydrogen (secondary N) is 1. The Balaban J connectivity index is 1.67. The summed E-state index contributed by atoms with van der Waals surface area (Å²) in [7, 11) is 0. The molecule has 32 heavy (non-hydrogen) atoms. The number of rotatable bonds is 6. The fourth-order valence-corrected chi connectivity index (χ4v) is 4.13. The molecule has 5 nitrogen and oxygen atoms in total. The highest BCUT2D eigenvalue weighted by atomic mass is 35.5. The molecular weight excluding hydrogens is 454 g/mol. The van der Waals surface area contributed by atoms with Crippen molar-refractivity contribution in [2.24, 2.45) is 5.73 Å². The van der Waals surface area contributed by atoms with Crippen LogP contribution in [0.2, 0.25) is 10.0 Å². The zero-order chi connectivity index (χ0) is 22.8. The Bertz CT molecular complexity index is 1180. The number of primary amides is 1. The van der Waals surface area contributed by atoms with Crippen LogP contribution in [0.5, 0.6) is 0 Å². The standard InChI is InChI=1S/C24H19Cl2FN2O3/c25-20-17(10-13-4-2-1-3-5-13)18(23(28)30)22(27)19(21(20)26)24(31)29-16-8-6-14(7-9-16)15-11-32-12-15/h1-9,15H,10-12H2,(H2,28,30)(H,29,31). The van der Waals surface area contributed by atoms with Crippen LogP contribution >= 0.6 is 23.2 Å². The van der Waals surface area contributed by atoms with Crippen LogP contribution in [0, 0.1) is 5.82 Å². The Hall–Kier alpha value is -2.93. The van der Waals surface area contributed by atoms with Gasteiger partial charge in [0.2, 0.25) is 0 Å². The third kappa shape index (κ3) is 4.35. The normalized spacial score (nSPS) is 13.5. The van der Waals surface area contributed by atoms with E-state index in [-0.39, 0.29) is 22.0 Å².